The van der Waals surface area contributed by atoms with Crippen LogP contribution < -0.4 is 5.73 Å². The fourth-order valence-electron chi connectivity index (χ4n) is 4.73. The first kappa shape index (κ1) is 48.4. The van der Waals surface area contributed by atoms with Crippen LogP contribution in [0, 0.1) is 0 Å². The first-order valence-corrected chi connectivity index (χ1v) is 20.5. The number of carboxylic acid groups (broad SMARTS) is 1. The smallest absolute Gasteiger partial charge is 0.472 e. The van der Waals surface area contributed by atoms with E-state index in [4.69, 9.17) is 24.8 Å². The first-order chi connectivity index (χ1) is 24.5. The molecule has 0 spiro atoms. The molecule has 0 saturated carbocycles. The van der Waals surface area contributed by atoms with Crippen molar-refractivity contribution in [1.82, 2.24) is 0 Å². The zero-order valence-corrected chi connectivity index (χ0v) is 32.1. The molecule has 0 aromatic rings. The monoisotopic (exact) mass is 743 g/mol. The Morgan fingerprint density at radius 2 is 1.18 bits per heavy atom. The molecule has 12 nitrogen and oxygen atoms in total. The Balaban J connectivity index is 4.55. The number of ketones is 1. The number of carbonyl (C=O) groups is 4. The van der Waals surface area contributed by atoms with Gasteiger partial charge < -0.3 is 25.2 Å². The van der Waals surface area contributed by atoms with Crippen molar-refractivity contribution in [3.63, 3.8) is 0 Å². The van der Waals surface area contributed by atoms with Gasteiger partial charge in [0.1, 0.15) is 12.6 Å². The average molecular weight is 744 g/mol. The molecule has 0 aliphatic heterocycles. The number of carboxylic acids is 1. The Morgan fingerprint density at radius 3 is 1.82 bits per heavy atom. The van der Waals surface area contributed by atoms with Crippen LogP contribution >= 0.6 is 7.82 Å². The highest BCUT2D eigenvalue weighted by Gasteiger charge is 2.28. The summed E-state index contributed by atoms with van der Waals surface area (Å²) in [4.78, 5) is 57.7. The van der Waals surface area contributed by atoms with Crippen LogP contribution in [-0.4, -0.2) is 65.7 Å². The van der Waals surface area contributed by atoms with Crippen molar-refractivity contribution < 1.29 is 52.3 Å². The van der Waals surface area contributed by atoms with Crippen molar-refractivity contribution >= 4 is 31.5 Å². The minimum atomic E-state index is -4.74. The molecule has 294 valence electrons. The van der Waals surface area contributed by atoms with E-state index in [9.17, 15) is 28.6 Å². The third-order valence-electron chi connectivity index (χ3n) is 7.84. The zero-order valence-electron chi connectivity index (χ0n) is 31.2. The second kappa shape index (κ2) is 33.2. The van der Waals surface area contributed by atoms with Crippen LogP contribution in [-0.2, 0) is 42.3 Å². The van der Waals surface area contributed by atoms with Gasteiger partial charge in [-0.2, -0.15) is 0 Å². The number of aliphatic carboxylic acids is 1. The van der Waals surface area contributed by atoms with Gasteiger partial charge in [-0.15, -0.1) is 0 Å². The van der Waals surface area contributed by atoms with E-state index in [1.54, 1.807) is 12.2 Å². The van der Waals surface area contributed by atoms with Crippen LogP contribution in [0.5, 0.6) is 0 Å². The number of nitrogens with two attached hydrogens (primary N) is 1. The van der Waals surface area contributed by atoms with E-state index in [2.05, 4.69) is 36.6 Å². The molecule has 0 saturated heterocycles. The summed E-state index contributed by atoms with van der Waals surface area (Å²) in [6, 6.07) is -1.54. The summed E-state index contributed by atoms with van der Waals surface area (Å²) >= 11 is 0. The van der Waals surface area contributed by atoms with Crippen molar-refractivity contribution in [2.24, 2.45) is 5.73 Å². The molecule has 0 aliphatic rings. The number of phosphoric acid groups is 1. The summed E-state index contributed by atoms with van der Waals surface area (Å²) in [5.74, 6) is -2.42. The molecule has 0 bridgehead atoms. The number of phosphoric ester groups is 1. The number of esters is 2. The SMILES string of the molecule is CCCC/C=C\CCCCCCCC(=O)OC[C@H](COP(=O)(O)OC[C@H](N)C(=O)O)OC(=O)CCCCCCCC(=O)/C=C/C=C\CCCCC. The molecular formula is C38H66NO11P. The highest BCUT2D eigenvalue weighted by Crippen LogP contribution is 2.43. The van der Waals surface area contributed by atoms with Gasteiger partial charge in [-0.3, -0.25) is 28.2 Å². The minimum Gasteiger partial charge on any atom is -0.480 e. The van der Waals surface area contributed by atoms with Crippen LogP contribution in [0.3, 0.4) is 0 Å². The van der Waals surface area contributed by atoms with Crippen molar-refractivity contribution in [3.8, 4) is 0 Å². The molecule has 4 N–H and O–H groups in total. The molecule has 0 amide bonds. The fourth-order valence-corrected chi connectivity index (χ4v) is 5.51. The van der Waals surface area contributed by atoms with E-state index in [0.29, 0.717) is 19.3 Å². The molecule has 0 aromatic carbocycles. The van der Waals surface area contributed by atoms with Gasteiger partial charge in [0, 0.05) is 19.3 Å². The van der Waals surface area contributed by atoms with E-state index in [1.165, 1.54) is 25.7 Å². The normalized spacial score (nSPS) is 14.2. The van der Waals surface area contributed by atoms with Crippen LogP contribution in [0.1, 0.15) is 149 Å². The van der Waals surface area contributed by atoms with E-state index in [-0.39, 0.29) is 25.2 Å². The van der Waals surface area contributed by atoms with E-state index in [0.717, 1.165) is 77.0 Å². The standard InChI is InChI=1S/C38H66NO11P/c1-3-5-7-9-11-12-13-14-16-20-24-28-36(41)47-30-34(31-48-51(45,46)49-32-35(39)38(43)44)50-37(42)29-25-21-17-19-23-27-33(40)26-22-18-15-10-8-6-4-2/h9,11,15,18,22,26,34-35H,3-8,10,12-14,16-17,19-21,23-25,27-32,39H2,1-2H3,(H,43,44)(H,45,46)/b11-9-,18-15-,26-22+/t34-,35+/m1/s1. The molecule has 13 heteroatoms. The van der Waals surface area contributed by atoms with Gasteiger partial charge in [-0.25, -0.2) is 4.57 Å². The third kappa shape index (κ3) is 33.0. The molecule has 0 fully saturated rings. The molecule has 3 atom stereocenters. The lowest BCUT2D eigenvalue weighted by Crippen LogP contribution is -2.34. The second-order valence-electron chi connectivity index (χ2n) is 12.7. The van der Waals surface area contributed by atoms with Crippen molar-refractivity contribution in [3.05, 3.63) is 36.5 Å². The molecule has 0 radical (unpaired) electrons. The van der Waals surface area contributed by atoms with Gasteiger partial charge in [-0.05, 0) is 57.4 Å². The van der Waals surface area contributed by atoms with Gasteiger partial charge in [0.2, 0.25) is 0 Å². The summed E-state index contributed by atoms with van der Waals surface area (Å²) in [5.41, 5.74) is 5.30. The quantitative estimate of drug-likeness (QED) is 0.0140. The van der Waals surface area contributed by atoms with Crippen LogP contribution in [0.25, 0.3) is 0 Å². The summed E-state index contributed by atoms with van der Waals surface area (Å²) in [6.07, 6.45) is 29.0. The molecule has 0 heterocycles. The van der Waals surface area contributed by atoms with E-state index >= 15 is 0 Å². The van der Waals surface area contributed by atoms with Crippen molar-refractivity contribution in [1.29, 1.82) is 0 Å². The molecule has 0 rings (SSSR count). The highest BCUT2D eigenvalue weighted by atomic mass is 31.2. The molecule has 0 aliphatic carbocycles. The zero-order chi connectivity index (χ0) is 38.0. The van der Waals surface area contributed by atoms with Gasteiger partial charge in [0.25, 0.3) is 0 Å². The highest BCUT2D eigenvalue weighted by molar-refractivity contribution is 7.47. The summed E-state index contributed by atoms with van der Waals surface area (Å²) in [7, 11) is -4.74. The lowest BCUT2D eigenvalue weighted by Gasteiger charge is -2.20. The topological polar surface area (TPSA) is 189 Å². The molecule has 1 unspecified atom stereocenters. The number of ether oxygens (including phenoxy) is 2. The largest absolute Gasteiger partial charge is 0.480 e. The number of unbranched alkanes of at least 4 members (excludes halogenated alkanes) is 14. The number of hydrogen-bond donors (Lipinski definition) is 3. The number of rotatable bonds is 35. The van der Waals surface area contributed by atoms with Gasteiger partial charge in [0.15, 0.2) is 11.9 Å². The fraction of sp³-hybridized carbons (Fsp3) is 0.737. The number of allylic oxidation sites excluding steroid dienone is 6. The predicted octanol–water partition coefficient (Wildman–Crippen LogP) is 8.46. The minimum absolute atomic E-state index is 0.0754. The molecular weight excluding hydrogens is 677 g/mol. The maximum Gasteiger partial charge on any atom is 0.472 e. The Bertz CT molecular complexity index is 1080. The lowest BCUT2D eigenvalue weighted by atomic mass is 10.1. The lowest BCUT2D eigenvalue weighted by molar-refractivity contribution is -0.161. The summed E-state index contributed by atoms with van der Waals surface area (Å²) in [6.45, 7) is 2.55. The number of carbonyl (C=O) groups excluding carboxylic acids is 3. The Morgan fingerprint density at radius 1 is 0.647 bits per heavy atom. The Kier molecular flexibility index (Phi) is 31.5. The maximum atomic E-state index is 12.5. The van der Waals surface area contributed by atoms with Gasteiger partial charge in [0.05, 0.1) is 13.2 Å². The van der Waals surface area contributed by atoms with E-state index < -0.39 is 51.1 Å². The average Bonchev–Trinajstić information content (AvgIpc) is 3.09. The summed E-state index contributed by atoms with van der Waals surface area (Å²) < 4.78 is 32.4. The third-order valence-corrected chi connectivity index (χ3v) is 8.79. The van der Waals surface area contributed by atoms with E-state index in [1.807, 2.05) is 6.08 Å². The Hall–Kier alpha value is -2.63. The molecule has 51 heavy (non-hydrogen) atoms. The second-order valence-corrected chi connectivity index (χ2v) is 14.2. The maximum absolute atomic E-state index is 12.5. The van der Waals surface area contributed by atoms with Crippen molar-refractivity contribution in [2.75, 3.05) is 19.8 Å². The van der Waals surface area contributed by atoms with Gasteiger partial charge >= 0.3 is 25.7 Å². The van der Waals surface area contributed by atoms with Crippen LogP contribution in [0.2, 0.25) is 0 Å². The first-order valence-electron chi connectivity index (χ1n) is 19.0. The predicted molar refractivity (Wildman–Crippen MR) is 199 cm³/mol. The Labute approximate surface area is 306 Å². The van der Waals surface area contributed by atoms with Gasteiger partial charge in [-0.1, -0.05) is 108 Å². The molecule has 0 aromatic heterocycles. The van der Waals surface area contributed by atoms with Crippen LogP contribution in [0.15, 0.2) is 36.5 Å². The number of hydrogen-bond acceptors (Lipinski definition) is 10. The summed E-state index contributed by atoms with van der Waals surface area (Å²) in [5, 5.41) is 8.85. The van der Waals surface area contributed by atoms with Crippen molar-refractivity contribution in [2.45, 2.75) is 161 Å². The van der Waals surface area contributed by atoms with Crippen LogP contribution in [0.4, 0.5) is 0 Å².